The van der Waals surface area contributed by atoms with Crippen molar-refractivity contribution < 1.29 is 4.79 Å². The first kappa shape index (κ1) is 22.9. The van der Waals surface area contributed by atoms with Crippen LogP contribution in [0.4, 0.5) is 5.69 Å². The highest BCUT2D eigenvalue weighted by molar-refractivity contribution is 6.33. The Morgan fingerprint density at radius 1 is 1.15 bits per heavy atom. The molecule has 0 saturated carbocycles. The topological polar surface area (TPSA) is 49.6 Å². The molecule has 1 amide bonds. The smallest absolute Gasteiger partial charge is 0.271 e. The summed E-state index contributed by atoms with van der Waals surface area (Å²) in [7, 11) is 0. The van der Waals surface area contributed by atoms with Crippen LogP contribution in [0.5, 0.6) is 0 Å². The van der Waals surface area contributed by atoms with Crippen molar-refractivity contribution in [2.24, 2.45) is 5.10 Å². The number of nitrogens with zero attached hydrogens (tertiary/aromatic N) is 3. The molecule has 1 aliphatic rings. The van der Waals surface area contributed by atoms with E-state index in [0.29, 0.717) is 10.6 Å². The van der Waals surface area contributed by atoms with Crippen LogP contribution < -0.4 is 10.3 Å². The summed E-state index contributed by atoms with van der Waals surface area (Å²) >= 11 is 6.61. The molecule has 0 saturated heterocycles. The molecule has 0 fully saturated rings. The third kappa shape index (κ3) is 4.74. The molecule has 1 aromatic heterocycles. The van der Waals surface area contributed by atoms with Gasteiger partial charge in [-0.25, -0.2) is 5.43 Å². The second kappa shape index (κ2) is 9.28. The first-order valence-corrected chi connectivity index (χ1v) is 11.6. The molecule has 1 N–H and O–H groups in total. The van der Waals surface area contributed by atoms with Gasteiger partial charge in [0.2, 0.25) is 0 Å². The number of amides is 1. The van der Waals surface area contributed by atoms with Crippen LogP contribution in [-0.2, 0) is 0 Å². The van der Waals surface area contributed by atoms with E-state index in [-0.39, 0.29) is 11.4 Å². The summed E-state index contributed by atoms with van der Waals surface area (Å²) in [5.74, 6) is -0.272. The number of aromatic nitrogens is 1. The maximum absolute atomic E-state index is 12.5. The van der Waals surface area contributed by atoms with Crippen LogP contribution in [0.25, 0.3) is 11.3 Å². The minimum absolute atomic E-state index is 0.0725. The standard InChI is InChI=1S/C27H29ClN4O/c1-5-12-32-25-16-24(28)21(15-23(25)19(2)17-27(32,3)4)18-29-30-26(33)20-8-10-22(11-9-20)31-13-6-7-14-31/h6-11,13-18H,5,12H2,1-4H3,(H,30,33)/b29-18+. The van der Waals surface area contributed by atoms with E-state index in [1.165, 1.54) is 5.57 Å². The molecular weight excluding hydrogens is 432 g/mol. The van der Waals surface area contributed by atoms with E-state index in [2.05, 4.69) is 49.2 Å². The average molecular weight is 461 g/mol. The first-order chi connectivity index (χ1) is 15.8. The Balaban J connectivity index is 1.51. The number of hydrogen-bond donors (Lipinski definition) is 1. The zero-order valence-electron chi connectivity index (χ0n) is 19.5. The molecule has 0 bridgehead atoms. The fourth-order valence-electron chi connectivity index (χ4n) is 4.36. The lowest BCUT2D eigenvalue weighted by Gasteiger charge is -2.43. The van der Waals surface area contributed by atoms with Crippen LogP contribution in [0.15, 0.2) is 72.1 Å². The van der Waals surface area contributed by atoms with Crippen molar-refractivity contribution >= 4 is 35.0 Å². The summed E-state index contributed by atoms with van der Waals surface area (Å²) in [6, 6.07) is 15.3. The number of halogens is 1. The van der Waals surface area contributed by atoms with Crippen molar-refractivity contribution in [3.05, 3.63) is 88.7 Å². The van der Waals surface area contributed by atoms with Gasteiger partial charge in [0, 0.05) is 47.0 Å². The zero-order valence-corrected chi connectivity index (χ0v) is 20.2. The Morgan fingerprint density at radius 2 is 1.85 bits per heavy atom. The number of allylic oxidation sites excluding steroid dienone is 1. The number of fused-ring (bicyclic) bond motifs is 1. The molecule has 0 spiro atoms. The summed E-state index contributed by atoms with van der Waals surface area (Å²) in [5.41, 5.74) is 8.31. The van der Waals surface area contributed by atoms with Crippen molar-refractivity contribution in [3.63, 3.8) is 0 Å². The van der Waals surface area contributed by atoms with Crippen molar-refractivity contribution in [1.82, 2.24) is 9.99 Å². The van der Waals surface area contributed by atoms with Gasteiger partial charge in [-0.15, -0.1) is 0 Å². The van der Waals surface area contributed by atoms with Crippen molar-refractivity contribution in [2.75, 3.05) is 11.4 Å². The maximum Gasteiger partial charge on any atom is 0.271 e. The molecule has 33 heavy (non-hydrogen) atoms. The maximum atomic E-state index is 12.5. The lowest BCUT2D eigenvalue weighted by Crippen LogP contribution is -2.45. The van der Waals surface area contributed by atoms with Crippen LogP contribution in [-0.4, -0.2) is 28.8 Å². The van der Waals surface area contributed by atoms with E-state index >= 15 is 0 Å². The second-order valence-corrected chi connectivity index (χ2v) is 9.27. The fraction of sp³-hybridized carbons (Fsp3) is 0.259. The second-order valence-electron chi connectivity index (χ2n) is 8.86. The SMILES string of the molecule is CCCN1c2cc(Cl)c(/C=N/NC(=O)c3ccc(-n4cccc4)cc3)cc2C(C)=CC1(C)C. The molecule has 3 aromatic rings. The van der Waals surface area contributed by atoms with Gasteiger partial charge in [0.1, 0.15) is 0 Å². The Hall–Kier alpha value is -3.31. The third-order valence-corrected chi connectivity index (χ3v) is 6.27. The molecule has 5 nitrogen and oxygen atoms in total. The van der Waals surface area contributed by atoms with Crippen molar-refractivity contribution in [1.29, 1.82) is 0 Å². The molecule has 0 atom stereocenters. The van der Waals surface area contributed by atoms with Crippen LogP contribution >= 0.6 is 11.6 Å². The van der Waals surface area contributed by atoms with Gasteiger partial charge in [-0.3, -0.25) is 4.79 Å². The van der Waals surface area contributed by atoms with Crippen LogP contribution in [0.3, 0.4) is 0 Å². The molecule has 4 rings (SSSR count). The van der Waals surface area contributed by atoms with Crippen LogP contribution in [0, 0.1) is 0 Å². The quantitative estimate of drug-likeness (QED) is 0.346. The summed E-state index contributed by atoms with van der Waals surface area (Å²) < 4.78 is 1.98. The molecule has 2 aromatic carbocycles. The number of anilines is 1. The number of hydrazone groups is 1. The third-order valence-electron chi connectivity index (χ3n) is 5.95. The molecule has 0 radical (unpaired) electrons. The van der Waals surface area contributed by atoms with Crippen molar-refractivity contribution in [2.45, 2.75) is 39.7 Å². The number of carbonyl (C=O) groups excluding carboxylic acids is 1. The van der Waals surface area contributed by atoms with E-state index in [4.69, 9.17) is 11.6 Å². The number of carbonyl (C=O) groups is 1. The lowest BCUT2D eigenvalue weighted by molar-refractivity contribution is 0.0955. The monoisotopic (exact) mass is 460 g/mol. The van der Waals surface area contributed by atoms with Gasteiger partial charge in [0.15, 0.2) is 0 Å². The summed E-state index contributed by atoms with van der Waals surface area (Å²) in [4.78, 5) is 14.9. The minimum Gasteiger partial charge on any atom is -0.362 e. The molecule has 6 heteroatoms. The Bertz CT molecular complexity index is 1210. The van der Waals surface area contributed by atoms with E-state index < -0.39 is 0 Å². The van der Waals surface area contributed by atoms with E-state index in [9.17, 15) is 4.79 Å². The summed E-state index contributed by atoms with van der Waals surface area (Å²) in [5, 5.41) is 4.77. The normalized spacial score (nSPS) is 14.8. The fourth-order valence-corrected chi connectivity index (χ4v) is 4.57. The molecule has 0 aliphatic carbocycles. The average Bonchev–Trinajstić information content (AvgIpc) is 3.32. The summed E-state index contributed by atoms with van der Waals surface area (Å²) in [6.07, 6.45) is 8.86. The molecule has 0 unspecified atom stereocenters. The van der Waals surface area contributed by atoms with Gasteiger partial charge in [-0.2, -0.15) is 5.10 Å². The zero-order chi connectivity index (χ0) is 23.6. The van der Waals surface area contributed by atoms with Gasteiger partial charge in [-0.1, -0.05) is 24.6 Å². The van der Waals surface area contributed by atoms with E-state index in [0.717, 1.165) is 35.5 Å². The van der Waals surface area contributed by atoms with Gasteiger partial charge < -0.3 is 9.47 Å². The van der Waals surface area contributed by atoms with Gasteiger partial charge in [0.25, 0.3) is 5.91 Å². The van der Waals surface area contributed by atoms with Crippen molar-refractivity contribution in [3.8, 4) is 5.69 Å². The minimum atomic E-state index is -0.272. The highest BCUT2D eigenvalue weighted by Crippen LogP contribution is 2.41. The summed E-state index contributed by atoms with van der Waals surface area (Å²) in [6.45, 7) is 9.70. The number of nitrogens with one attached hydrogen (secondary N) is 1. The largest absolute Gasteiger partial charge is 0.362 e. The molecule has 170 valence electrons. The first-order valence-electron chi connectivity index (χ1n) is 11.2. The van der Waals surface area contributed by atoms with E-state index in [1.807, 2.05) is 53.4 Å². The van der Waals surface area contributed by atoms with Crippen LogP contribution in [0.2, 0.25) is 5.02 Å². The molecule has 2 heterocycles. The highest BCUT2D eigenvalue weighted by atomic mass is 35.5. The molecular formula is C27H29ClN4O. The van der Waals surface area contributed by atoms with Gasteiger partial charge >= 0.3 is 0 Å². The predicted octanol–water partition coefficient (Wildman–Crippen LogP) is 6.31. The van der Waals surface area contributed by atoms with Gasteiger partial charge in [-0.05, 0) is 81.3 Å². The Morgan fingerprint density at radius 3 is 2.52 bits per heavy atom. The van der Waals surface area contributed by atoms with E-state index in [1.54, 1.807) is 18.3 Å². The Labute approximate surface area is 200 Å². The number of benzene rings is 2. The van der Waals surface area contributed by atoms with Crippen LogP contribution in [0.1, 0.15) is 55.6 Å². The highest BCUT2D eigenvalue weighted by Gasteiger charge is 2.31. The number of rotatable bonds is 6. The predicted molar refractivity (Wildman–Crippen MR) is 138 cm³/mol. The molecule has 1 aliphatic heterocycles. The lowest BCUT2D eigenvalue weighted by atomic mass is 9.88. The number of hydrogen-bond acceptors (Lipinski definition) is 3. The van der Waals surface area contributed by atoms with Gasteiger partial charge in [0.05, 0.1) is 16.8 Å². The Kier molecular flexibility index (Phi) is 6.43.